The lowest BCUT2D eigenvalue weighted by atomic mass is 10.2. The molecule has 0 saturated carbocycles. The minimum Gasteiger partial charge on any atom is -0.221 e. The third-order valence-electron chi connectivity index (χ3n) is 1.77. The minimum atomic E-state index is 0.660. The number of rotatable bonds is 1. The highest BCUT2D eigenvalue weighted by molar-refractivity contribution is 9.11. The third-order valence-corrected chi connectivity index (χ3v) is 2.83. The van der Waals surface area contributed by atoms with Crippen molar-refractivity contribution in [2.24, 2.45) is 0 Å². The van der Waals surface area contributed by atoms with Crippen LogP contribution in [0.25, 0.3) is 11.4 Å². The quantitative estimate of drug-likeness (QED) is 0.717. The van der Waals surface area contributed by atoms with Crippen molar-refractivity contribution in [1.82, 2.24) is 9.97 Å². The Kier molecular flexibility index (Phi) is 3.38. The molecule has 2 nitrogen and oxygen atoms in total. The van der Waals surface area contributed by atoms with E-state index in [1.807, 2.05) is 24.3 Å². The van der Waals surface area contributed by atoms with Gasteiger partial charge in [-0.15, -0.1) is 0 Å². The number of halogens is 3. The van der Waals surface area contributed by atoms with Crippen molar-refractivity contribution in [1.29, 1.82) is 0 Å². The molecule has 0 radical (unpaired) electrons. The SMILES string of the molecule is Clc1ccc(-c2nc(Br)cc(Br)n2)cc1. The Labute approximate surface area is 109 Å². The highest BCUT2D eigenvalue weighted by Gasteiger charge is 2.03. The second kappa shape index (κ2) is 4.60. The number of nitrogens with zero attached hydrogens (tertiary/aromatic N) is 2. The smallest absolute Gasteiger partial charge is 0.161 e. The molecule has 0 aliphatic heterocycles. The lowest BCUT2D eigenvalue weighted by Gasteiger charge is -2.01. The van der Waals surface area contributed by atoms with Gasteiger partial charge in [-0.3, -0.25) is 0 Å². The molecule has 0 unspecified atom stereocenters. The van der Waals surface area contributed by atoms with E-state index in [0.717, 1.165) is 14.8 Å². The molecule has 0 saturated heterocycles. The summed E-state index contributed by atoms with van der Waals surface area (Å²) in [5.74, 6) is 0.660. The largest absolute Gasteiger partial charge is 0.221 e. The zero-order valence-corrected chi connectivity index (χ0v) is 11.3. The highest BCUT2D eigenvalue weighted by Crippen LogP contribution is 2.22. The molecule has 15 heavy (non-hydrogen) atoms. The molecule has 0 fully saturated rings. The third kappa shape index (κ3) is 2.77. The van der Waals surface area contributed by atoms with Crippen LogP contribution in [0.2, 0.25) is 5.02 Å². The van der Waals surface area contributed by atoms with E-state index in [9.17, 15) is 0 Å². The molecular formula is C10H5Br2ClN2. The van der Waals surface area contributed by atoms with E-state index in [0.29, 0.717) is 10.8 Å². The molecule has 0 aliphatic rings. The lowest BCUT2D eigenvalue weighted by Crippen LogP contribution is -1.89. The fraction of sp³-hybridized carbons (Fsp3) is 0. The molecule has 0 atom stereocenters. The first kappa shape index (κ1) is 11.0. The molecule has 2 aromatic rings. The fourth-order valence-electron chi connectivity index (χ4n) is 1.12. The summed E-state index contributed by atoms with van der Waals surface area (Å²) in [6.07, 6.45) is 0. The first-order chi connectivity index (χ1) is 7.15. The molecular weight excluding hydrogens is 343 g/mol. The van der Waals surface area contributed by atoms with Gasteiger partial charge in [0, 0.05) is 16.7 Å². The van der Waals surface area contributed by atoms with Gasteiger partial charge in [-0.05, 0) is 56.1 Å². The van der Waals surface area contributed by atoms with Gasteiger partial charge in [0.25, 0.3) is 0 Å². The molecule has 0 amide bonds. The highest BCUT2D eigenvalue weighted by atomic mass is 79.9. The van der Waals surface area contributed by atoms with Gasteiger partial charge in [0.15, 0.2) is 5.82 Å². The summed E-state index contributed by atoms with van der Waals surface area (Å²) in [6, 6.07) is 9.19. The topological polar surface area (TPSA) is 25.8 Å². The van der Waals surface area contributed by atoms with Gasteiger partial charge in [0.1, 0.15) is 9.21 Å². The Hall–Kier alpha value is -0.450. The van der Waals surface area contributed by atoms with Crippen LogP contribution in [0, 0.1) is 0 Å². The molecule has 2 rings (SSSR count). The summed E-state index contributed by atoms with van der Waals surface area (Å²) in [7, 11) is 0. The van der Waals surface area contributed by atoms with E-state index >= 15 is 0 Å². The predicted molar refractivity (Wildman–Crippen MR) is 67.9 cm³/mol. The Morgan fingerprint density at radius 3 is 2.00 bits per heavy atom. The predicted octanol–water partition coefficient (Wildman–Crippen LogP) is 4.32. The summed E-state index contributed by atoms with van der Waals surface area (Å²) < 4.78 is 1.49. The van der Waals surface area contributed by atoms with Crippen LogP contribution in [-0.4, -0.2) is 9.97 Å². The second-order valence-corrected chi connectivity index (χ2v) is 4.91. The second-order valence-electron chi connectivity index (χ2n) is 2.84. The number of aromatic nitrogens is 2. The van der Waals surface area contributed by atoms with Gasteiger partial charge in [-0.25, -0.2) is 9.97 Å². The average Bonchev–Trinajstić information content (AvgIpc) is 2.17. The molecule has 0 N–H and O–H groups in total. The average molecular weight is 348 g/mol. The summed E-state index contributed by atoms with van der Waals surface area (Å²) in [5.41, 5.74) is 0.932. The normalized spacial score (nSPS) is 10.3. The molecule has 1 heterocycles. The van der Waals surface area contributed by atoms with Crippen molar-refractivity contribution >= 4 is 43.5 Å². The Morgan fingerprint density at radius 1 is 0.933 bits per heavy atom. The van der Waals surface area contributed by atoms with Gasteiger partial charge in [0.2, 0.25) is 0 Å². The van der Waals surface area contributed by atoms with Crippen LogP contribution in [0.3, 0.4) is 0 Å². The molecule has 0 aliphatic carbocycles. The lowest BCUT2D eigenvalue weighted by molar-refractivity contribution is 1.12. The van der Waals surface area contributed by atoms with Crippen molar-refractivity contribution in [2.45, 2.75) is 0 Å². The van der Waals surface area contributed by atoms with Crippen molar-refractivity contribution in [3.63, 3.8) is 0 Å². The standard InChI is InChI=1S/C10H5Br2ClN2/c11-8-5-9(12)15-10(14-8)6-1-3-7(13)4-2-6/h1-5H. The van der Waals surface area contributed by atoms with Gasteiger partial charge in [-0.1, -0.05) is 11.6 Å². The maximum atomic E-state index is 5.80. The maximum absolute atomic E-state index is 5.80. The van der Waals surface area contributed by atoms with Crippen molar-refractivity contribution in [3.05, 3.63) is 44.6 Å². The Balaban J connectivity index is 2.49. The van der Waals surface area contributed by atoms with Crippen LogP contribution >= 0.6 is 43.5 Å². The molecule has 5 heteroatoms. The summed E-state index contributed by atoms with van der Waals surface area (Å²) >= 11 is 12.4. The van der Waals surface area contributed by atoms with Gasteiger partial charge in [-0.2, -0.15) is 0 Å². The van der Waals surface area contributed by atoms with E-state index in [-0.39, 0.29) is 0 Å². The summed E-state index contributed by atoms with van der Waals surface area (Å²) in [5, 5.41) is 0.702. The monoisotopic (exact) mass is 346 g/mol. The van der Waals surface area contributed by atoms with Crippen molar-refractivity contribution < 1.29 is 0 Å². The zero-order valence-electron chi connectivity index (χ0n) is 7.42. The fourth-order valence-corrected chi connectivity index (χ4v) is 2.32. The van der Waals surface area contributed by atoms with Crippen molar-refractivity contribution in [3.8, 4) is 11.4 Å². The van der Waals surface area contributed by atoms with Gasteiger partial charge >= 0.3 is 0 Å². The molecule has 0 bridgehead atoms. The zero-order chi connectivity index (χ0) is 10.8. The summed E-state index contributed by atoms with van der Waals surface area (Å²) in [4.78, 5) is 8.53. The Morgan fingerprint density at radius 2 is 1.47 bits per heavy atom. The van der Waals surface area contributed by atoms with E-state index < -0.39 is 0 Å². The number of hydrogen-bond acceptors (Lipinski definition) is 2. The molecule has 1 aromatic carbocycles. The van der Waals surface area contributed by atoms with Gasteiger partial charge in [0.05, 0.1) is 0 Å². The van der Waals surface area contributed by atoms with Crippen LogP contribution in [-0.2, 0) is 0 Å². The van der Waals surface area contributed by atoms with E-state index in [1.54, 1.807) is 6.07 Å². The van der Waals surface area contributed by atoms with Crippen LogP contribution in [0.1, 0.15) is 0 Å². The molecule has 0 spiro atoms. The maximum Gasteiger partial charge on any atom is 0.161 e. The molecule has 1 aromatic heterocycles. The number of hydrogen-bond donors (Lipinski definition) is 0. The van der Waals surface area contributed by atoms with E-state index in [2.05, 4.69) is 41.8 Å². The van der Waals surface area contributed by atoms with Crippen LogP contribution in [0.4, 0.5) is 0 Å². The van der Waals surface area contributed by atoms with E-state index in [1.165, 1.54) is 0 Å². The summed E-state index contributed by atoms with van der Waals surface area (Å²) in [6.45, 7) is 0. The van der Waals surface area contributed by atoms with Crippen molar-refractivity contribution in [2.75, 3.05) is 0 Å². The first-order valence-electron chi connectivity index (χ1n) is 4.11. The van der Waals surface area contributed by atoms with Crippen LogP contribution in [0.5, 0.6) is 0 Å². The molecule has 76 valence electrons. The first-order valence-corrected chi connectivity index (χ1v) is 6.07. The van der Waals surface area contributed by atoms with Gasteiger partial charge < -0.3 is 0 Å². The van der Waals surface area contributed by atoms with Crippen LogP contribution < -0.4 is 0 Å². The minimum absolute atomic E-state index is 0.660. The van der Waals surface area contributed by atoms with Crippen LogP contribution in [0.15, 0.2) is 39.5 Å². The number of benzene rings is 1. The Bertz CT molecular complexity index is 465. The van der Waals surface area contributed by atoms with E-state index in [4.69, 9.17) is 11.6 Å².